The summed E-state index contributed by atoms with van der Waals surface area (Å²) in [5, 5.41) is 78.8. The highest BCUT2D eigenvalue weighted by atomic mass is 16.7. The van der Waals surface area contributed by atoms with Gasteiger partial charge in [0.15, 0.2) is 24.1 Å². The Kier molecular flexibility index (Phi) is 7.70. The highest BCUT2D eigenvalue weighted by molar-refractivity contribution is 5.40. The van der Waals surface area contributed by atoms with E-state index in [1.807, 2.05) is 0 Å². The van der Waals surface area contributed by atoms with Crippen LogP contribution < -0.4 is 0 Å². The first-order valence-electron chi connectivity index (χ1n) is 9.73. The zero-order valence-corrected chi connectivity index (χ0v) is 16.5. The number of phenolic OH excluding ortho intramolecular Hbond substituents is 2. The lowest BCUT2D eigenvalue weighted by atomic mass is 9.98. The monoisotopic (exact) mass is 448 g/mol. The van der Waals surface area contributed by atoms with Crippen LogP contribution >= 0.6 is 0 Å². The van der Waals surface area contributed by atoms with Gasteiger partial charge in [-0.15, -0.1) is 0 Å². The third-order valence-corrected chi connectivity index (χ3v) is 5.41. The van der Waals surface area contributed by atoms with Crippen molar-refractivity contribution < 1.29 is 59.8 Å². The molecule has 0 aliphatic carbocycles. The molecule has 12 heteroatoms. The first-order valence-corrected chi connectivity index (χ1v) is 9.73. The molecule has 31 heavy (non-hydrogen) atoms. The molecule has 1 aromatic rings. The van der Waals surface area contributed by atoms with Crippen molar-refractivity contribution in [1.82, 2.24) is 0 Å². The largest absolute Gasteiger partial charge is 0.504 e. The maximum absolute atomic E-state index is 10.6. The van der Waals surface area contributed by atoms with Crippen molar-refractivity contribution in [3.8, 4) is 11.5 Å². The van der Waals surface area contributed by atoms with Crippen LogP contribution in [0.5, 0.6) is 11.5 Å². The minimum absolute atomic E-state index is 0.0136. The summed E-state index contributed by atoms with van der Waals surface area (Å²) in [5.41, 5.74) is -1.31. The number of rotatable bonds is 8. The molecule has 2 aliphatic heterocycles. The summed E-state index contributed by atoms with van der Waals surface area (Å²) in [5.74, 6) is -0.554. The summed E-state index contributed by atoms with van der Waals surface area (Å²) in [7, 11) is 0. The Hall–Kier alpha value is -1.58. The van der Waals surface area contributed by atoms with E-state index in [0.717, 1.165) is 0 Å². The molecule has 8 N–H and O–H groups in total. The molecule has 0 amide bonds. The molecule has 2 fully saturated rings. The topological polar surface area (TPSA) is 199 Å². The van der Waals surface area contributed by atoms with Crippen LogP contribution in [0.2, 0.25) is 0 Å². The third kappa shape index (κ3) is 5.09. The predicted octanol–water partition coefficient (Wildman–Crippen LogP) is -3.08. The second kappa shape index (κ2) is 9.92. The van der Waals surface area contributed by atoms with E-state index in [9.17, 15) is 40.9 Å². The summed E-state index contributed by atoms with van der Waals surface area (Å²) in [6.45, 7) is -1.81. The third-order valence-electron chi connectivity index (χ3n) is 5.41. The van der Waals surface area contributed by atoms with Gasteiger partial charge in [-0.1, -0.05) is 6.07 Å². The van der Waals surface area contributed by atoms with Crippen LogP contribution in [0.25, 0.3) is 0 Å². The van der Waals surface area contributed by atoms with Crippen molar-refractivity contribution in [2.24, 2.45) is 0 Å². The molecule has 3 rings (SSSR count). The minimum Gasteiger partial charge on any atom is -0.504 e. The molecule has 2 saturated heterocycles. The number of benzene rings is 1. The van der Waals surface area contributed by atoms with Gasteiger partial charge < -0.3 is 59.8 Å². The van der Waals surface area contributed by atoms with Gasteiger partial charge in [-0.3, -0.25) is 0 Å². The Morgan fingerprint density at radius 1 is 1.03 bits per heavy atom. The zero-order chi connectivity index (χ0) is 22.8. The predicted molar refractivity (Wildman–Crippen MR) is 99.8 cm³/mol. The SMILES string of the molecule is OC[C@H]1O[C@@H](OCCc2ccc(O)c(O)c2)[C@H](O)[C@@H](O[C@@H]2OC[C@](O)(CO)[C@H]2O)[C@@H]1O. The average Bonchev–Trinajstić information content (AvgIpc) is 3.04. The second-order valence-corrected chi connectivity index (χ2v) is 7.64. The summed E-state index contributed by atoms with van der Waals surface area (Å²) < 4.78 is 21.5. The van der Waals surface area contributed by atoms with Crippen LogP contribution in [0.3, 0.4) is 0 Å². The molecule has 2 heterocycles. The molecule has 0 saturated carbocycles. The van der Waals surface area contributed by atoms with E-state index in [-0.39, 0.29) is 24.5 Å². The number of aromatic hydroxyl groups is 2. The second-order valence-electron chi connectivity index (χ2n) is 7.64. The van der Waals surface area contributed by atoms with Crippen LogP contribution in [0, 0.1) is 0 Å². The Morgan fingerprint density at radius 2 is 1.77 bits per heavy atom. The van der Waals surface area contributed by atoms with Crippen LogP contribution in [-0.2, 0) is 25.4 Å². The fourth-order valence-electron chi connectivity index (χ4n) is 3.43. The van der Waals surface area contributed by atoms with Gasteiger partial charge in [-0.05, 0) is 24.1 Å². The normalized spacial score (nSPS) is 38.5. The fourth-order valence-corrected chi connectivity index (χ4v) is 3.43. The lowest BCUT2D eigenvalue weighted by Gasteiger charge is -2.42. The standard InChI is InChI=1S/C19H28O12/c20-6-12-13(24)15(31-18-16(26)19(27,7-21)8-29-18)14(25)17(30-12)28-4-3-9-1-2-10(22)11(23)5-9/h1-2,5,12-18,20-27H,3-4,6-8H2/t12-,13-,14-,15+,16+,17-,18+,19-/m1/s1. The smallest absolute Gasteiger partial charge is 0.187 e. The van der Waals surface area contributed by atoms with E-state index in [0.29, 0.717) is 5.56 Å². The van der Waals surface area contributed by atoms with E-state index in [4.69, 9.17) is 18.9 Å². The van der Waals surface area contributed by atoms with Crippen molar-refractivity contribution in [1.29, 1.82) is 0 Å². The first kappa shape index (κ1) is 24.1. The highest BCUT2D eigenvalue weighted by Crippen LogP contribution is 2.31. The fraction of sp³-hybridized carbons (Fsp3) is 0.684. The molecule has 0 unspecified atom stereocenters. The lowest BCUT2D eigenvalue weighted by Crippen LogP contribution is -2.61. The summed E-state index contributed by atoms with van der Waals surface area (Å²) in [6, 6.07) is 4.24. The Labute approximate surface area is 177 Å². The van der Waals surface area contributed by atoms with Crippen molar-refractivity contribution in [2.45, 2.75) is 55.1 Å². The van der Waals surface area contributed by atoms with E-state index >= 15 is 0 Å². The number of aliphatic hydroxyl groups excluding tert-OH is 5. The number of phenols is 2. The van der Waals surface area contributed by atoms with Crippen molar-refractivity contribution in [3.05, 3.63) is 23.8 Å². The number of hydrogen-bond donors (Lipinski definition) is 8. The summed E-state index contributed by atoms with van der Waals surface area (Å²) >= 11 is 0. The van der Waals surface area contributed by atoms with E-state index < -0.39 is 68.5 Å². The van der Waals surface area contributed by atoms with Gasteiger partial charge in [0.05, 0.1) is 26.4 Å². The number of hydrogen-bond acceptors (Lipinski definition) is 12. The molecule has 0 spiro atoms. The summed E-state index contributed by atoms with van der Waals surface area (Å²) in [4.78, 5) is 0. The van der Waals surface area contributed by atoms with E-state index in [1.165, 1.54) is 12.1 Å². The number of ether oxygens (including phenoxy) is 4. The molecular weight excluding hydrogens is 420 g/mol. The highest BCUT2D eigenvalue weighted by Gasteiger charge is 2.53. The summed E-state index contributed by atoms with van der Waals surface area (Å²) in [6.07, 6.45) is -9.77. The Bertz CT molecular complexity index is 732. The van der Waals surface area contributed by atoms with Crippen LogP contribution in [0.1, 0.15) is 5.56 Å². The Morgan fingerprint density at radius 3 is 2.39 bits per heavy atom. The van der Waals surface area contributed by atoms with Crippen LogP contribution in [0.15, 0.2) is 18.2 Å². The average molecular weight is 448 g/mol. The first-order chi connectivity index (χ1) is 14.7. The van der Waals surface area contributed by atoms with Gasteiger partial charge in [-0.25, -0.2) is 0 Å². The minimum atomic E-state index is -1.95. The van der Waals surface area contributed by atoms with Gasteiger partial charge >= 0.3 is 0 Å². The zero-order valence-electron chi connectivity index (χ0n) is 16.5. The van der Waals surface area contributed by atoms with Gasteiger partial charge in [0, 0.05) is 0 Å². The molecule has 2 aliphatic rings. The number of aliphatic hydroxyl groups is 6. The molecular formula is C19H28O12. The van der Waals surface area contributed by atoms with Crippen LogP contribution in [-0.4, -0.2) is 116 Å². The van der Waals surface area contributed by atoms with Crippen molar-refractivity contribution in [3.63, 3.8) is 0 Å². The molecule has 0 bridgehead atoms. The maximum atomic E-state index is 10.6. The van der Waals surface area contributed by atoms with Gasteiger partial charge in [0.25, 0.3) is 0 Å². The molecule has 1 aromatic carbocycles. The van der Waals surface area contributed by atoms with Gasteiger partial charge in [0.2, 0.25) is 0 Å². The molecule has 0 aromatic heterocycles. The lowest BCUT2D eigenvalue weighted by molar-refractivity contribution is -0.329. The van der Waals surface area contributed by atoms with Gasteiger partial charge in [0.1, 0.15) is 36.1 Å². The molecule has 12 nitrogen and oxygen atoms in total. The van der Waals surface area contributed by atoms with Crippen LogP contribution in [0.4, 0.5) is 0 Å². The quantitative estimate of drug-likeness (QED) is 0.187. The van der Waals surface area contributed by atoms with Crippen molar-refractivity contribution >= 4 is 0 Å². The van der Waals surface area contributed by atoms with Gasteiger partial charge in [-0.2, -0.15) is 0 Å². The Balaban J connectivity index is 1.63. The molecule has 0 radical (unpaired) electrons. The van der Waals surface area contributed by atoms with E-state index in [2.05, 4.69) is 0 Å². The molecule has 8 atom stereocenters. The van der Waals surface area contributed by atoms with Crippen molar-refractivity contribution in [2.75, 3.05) is 26.4 Å². The molecule has 176 valence electrons. The maximum Gasteiger partial charge on any atom is 0.187 e. The van der Waals surface area contributed by atoms with E-state index in [1.54, 1.807) is 6.07 Å².